The number of H-pyrrole nitrogens is 1. The molecule has 3 aromatic heterocycles. The normalized spacial score (nSPS) is 12.0. The summed E-state index contributed by atoms with van der Waals surface area (Å²) in [4.78, 5) is 20.5. The number of aromatic amines is 1. The highest BCUT2D eigenvalue weighted by molar-refractivity contribution is 6.08. The maximum absolute atomic E-state index is 12.8. The first-order valence-electron chi connectivity index (χ1n) is 9.26. The molecule has 0 fully saturated rings. The number of carbonyl (C=O) groups is 1. The van der Waals surface area contributed by atoms with Crippen LogP contribution in [-0.2, 0) is 7.05 Å². The molecular formula is C22H24N4O2. The number of aliphatic hydroxyl groups is 1. The number of hydrogen-bond acceptors (Lipinski definition) is 3. The van der Waals surface area contributed by atoms with Crippen LogP contribution in [0.4, 0.5) is 0 Å². The van der Waals surface area contributed by atoms with Crippen LogP contribution in [0.15, 0.2) is 42.7 Å². The van der Waals surface area contributed by atoms with Gasteiger partial charge in [0.05, 0.1) is 17.7 Å². The number of hydrogen-bond donors (Lipinski definition) is 3. The number of pyridine rings is 1. The van der Waals surface area contributed by atoms with E-state index in [4.69, 9.17) is 0 Å². The summed E-state index contributed by atoms with van der Waals surface area (Å²) in [6, 6.07) is 10.1. The van der Waals surface area contributed by atoms with Gasteiger partial charge in [0, 0.05) is 47.0 Å². The SMILES string of the molecule is Cc1ccc2c(c1)c(-c1cc3c(C(=O)NC(C)(C)CO)ccnc3[nH]1)cn2C. The Bertz CT molecular complexity index is 1200. The first-order chi connectivity index (χ1) is 13.3. The summed E-state index contributed by atoms with van der Waals surface area (Å²) in [5.74, 6) is -0.231. The van der Waals surface area contributed by atoms with E-state index in [9.17, 15) is 9.90 Å². The van der Waals surface area contributed by atoms with E-state index >= 15 is 0 Å². The van der Waals surface area contributed by atoms with Crippen molar-refractivity contribution < 1.29 is 9.90 Å². The Morgan fingerprint density at radius 3 is 2.79 bits per heavy atom. The fourth-order valence-corrected chi connectivity index (χ4v) is 3.50. The number of aliphatic hydroxyl groups excluding tert-OH is 1. The van der Waals surface area contributed by atoms with Gasteiger partial charge in [-0.3, -0.25) is 4.79 Å². The predicted octanol–water partition coefficient (Wildman–Crippen LogP) is 3.53. The number of aryl methyl sites for hydroxylation is 2. The lowest BCUT2D eigenvalue weighted by Gasteiger charge is -2.23. The quantitative estimate of drug-likeness (QED) is 0.509. The van der Waals surface area contributed by atoms with Crippen molar-refractivity contribution in [3.8, 4) is 11.3 Å². The van der Waals surface area contributed by atoms with Crippen LogP contribution in [0.2, 0.25) is 0 Å². The van der Waals surface area contributed by atoms with Gasteiger partial charge in [-0.05, 0) is 45.0 Å². The van der Waals surface area contributed by atoms with Gasteiger partial charge in [-0.15, -0.1) is 0 Å². The van der Waals surface area contributed by atoms with Crippen LogP contribution in [0.5, 0.6) is 0 Å². The first kappa shape index (κ1) is 18.3. The van der Waals surface area contributed by atoms with Crippen LogP contribution in [0.25, 0.3) is 33.2 Å². The number of benzene rings is 1. The Labute approximate surface area is 163 Å². The van der Waals surface area contributed by atoms with E-state index in [1.165, 1.54) is 5.56 Å². The Morgan fingerprint density at radius 1 is 1.25 bits per heavy atom. The van der Waals surface area contributed by atoms with Gasteiger partial charge < -0.3 is 20.0 Å². The average molecular weight is 376 g/mol. The molecule has 4 rings (SSSR count). The number of fused-ring (bicyclic) bond motifs is 2. The minimum absolute atomic E-state index is 0.138. The fourth-order valence-electron chi connectivity index (χ4n) is 3.50. The molecule has 0 aliphatic rings. The summed E-state index contributed by atoms with van der Waals surface area (Å²) >= 11 is 0. The molecular weight excluding hydrogens is 352 g/mol. The maximum Gasteiger partial charge on any atom is 0.252 e. The molecule has 0 bridgehead atoms. The Hall–Kier alpha value is -3.12. The molecule has 4 aromatic rings. The topological polar surface area (TPSA) is 82.9 Å². The van der Waals surface area contributed by atoms with Crippen LogP contribution in [0.1, 0.15) is 29.8 Å². The van der Waals surface area contributed by atoms with Crippen LogP contribution in [0, 0.1) is 6.92 Å². The van der Waals surface area contributed by atoms with Crippen molar-refractivity contribution in [2.45, 2.75) is 26.3 Å². The summed E-state index contributed by atoms with van der Waals surface area (Å²) in [5, 5.41) is 14.2. The van der Waals surface area contributed by atoms with Gasteiger partial charge in [0.15, 0.2) is 0 Å². The van der Waals surface area contributed by atoms with E-state index in [1.54, 1.807) is 26.1 Å². The summed E-state index contributed by atoms with van der Waals surface area (Å²) < 4.78 is 2.10. The highest BCUT2D eigenvalue weighted by atomic mass is 16.3. The second kappa shape index (κ2) is 6.49. The Morgan fingerprint density at radius 2 is 2.04 bits per heavy atom. The zero-order valence-corrected chi connectivity index (χ0v) is 16.5. The average Bonchev–Trinajstić information content (AvgIpc) is 3.22. The van der Waals surface area contributed by atoms with Crippen molar-refractivity contribution in [3.63, 3.8) is 0 Å². The number of nitrogens with zero attached hydrogens (tertiary/aromatic N) is 2. The molecule has 3 heterocycles. The third kappa shape index (κ3) is 3.05. The second-order valence-electron chi connectivity index (χ2n) is 7.97. The van der Waals surface area contributed by atoms with E-state index in [-0.39, 0.29) is 12.5 Å². The number of carbonyl (C=O) groups excluding carboxylic acids is 1. The van der Waals surface area contributed by atoms with Gasteiger partial charge in [-0.1, -0.05) is 11.6 Å². The molecule has 3 N–H and O–H groups in total. The van der Waals surface area contributed by atoms with Gasteiger partial charge in [0.2, 0.25) is 0 Å². The van der Waals surface area contributed by atoms with Gasteiger partial charge >= 0.3 is 0 Å². The van der Waals surface area contributed by atoms with Crippen LogP contribution in [0.3, 0.4) is 0 Å². The van der Waals surface area contributed by atoms with E-state index in [0.29, 0.717) is 11.2 Å². The second-order valence-corrected chi connectivity index (χ2v) is 7.97. The molecule has 0 atom stereocenters. The highest BCUT2D eigenvalue weighted by Crippen LogP contribution is 2.32. The lowest BCUT2D eigenvalue weighted by molar-refractivity contribution is 0.0871. The van der Waals surface area contributed by atoms with E-state index in [2.05, 4.69) is 51.2 Å². The molecule has 0 spiro atoms. The first-order valence-corrected chi connectivity index (χ1v) is 9.26. The third-order valence-corrected chi connectivity index (χ3v) is 5.06. The van der Waals surface area contributed by atoms with Gasteiger partial charge in [-0.2, -0.15) is 0 Å². The molecule has 6 nitrogen and oxygen atoms in total. The van der Waals surface area contributed by atoms with Gasteiger partial charge in [0.25, 0.3) is 5.91 Å². The van der Waals surface area contributed by atoms with Gasteiger partial charge in [-0.25, -0.2) is 4.98 Å². The molecule has 0 aliphatic heterocycles. The highest BCUT2D eigenvalue weighted by Gasteiger charge is 2.22. The van der Waals surface area contributed by atoms with Crippen molar-refractivity contribution >= 4 is 27.8 Å². The van der Waals surface area contributed by atoms with E-state index in [0.717, 1.165) is 27.5 Å². The standard InChI is InChI=1S/C22H24N4O2/c1-13-5-6-19-15(9-13)17(11-26(19)4)18-10-16-14(7-8-23-20(16)24-18)21(28)25-22(2,3)12-27/h5-11,27H,12H2,1-4H3,(H,23,24)(H,25,28). The van der Waals surface area contributed by atoms with Gasteiger partial charge in [0.1, 0.15) is 5.65 Å². The molecule has 6 heteroatoms. The minimum atomic E-state index is -0.695. The summed E-state index contributed by atoms with van der Waals surface area (Å²) in [6.45, 7) is 5.50. The van der Waals surface area contributed by atoms with Crippen LogP contribution < -0.4 is 5.32 Å². The predicted molar refractivity (Wildman–Crippen MR) is 111 cm³/mol. The maximum atomic E-state index is 12.8. The van der Waals surface area contributed by atoms with Crippen molar-refractivity contribution in [2.75, 3.05) is 6.61 Å². The zero-order chi connectivity index (χ0) is 20.1. The lowest BCUT2D eigenvalue weighted by Crippen LogP contribution is -2.46. The number of amides is 1. The van der Waals surface area contributed by atoms with Crippen molar-refractivity contribution in [2.24, 2.45) is 7.05 Å². The third-order valence-electron chi connectivity index (χ3n) is 5.06. The van der Waals surface area contributed by atoms with E-state index < -0.39 is 5.54 Å². The number of rotatable bonds is 4. The molecule has 28 heavy (non-hydrogen) atoms. The van der Waals surface area contributed by atoms with E-state index in [1.807, 2.05) is 13.1 Å². The minimum Gasteiger partial charge on any atom is -0.394 e. The smallest absolute Gasteiger partial charge is 0.252 e. The molecule has 0 radical (unpaired) electrons. The molecule has 0 unspecified atom stereocenters. The van der Waals surface area contributed by atoms with Crippen molar-refractivity contribution in [1.29, 1.82) is 0 Å². The molecule has 0 saturated heterocycles. The lowest BCUT2D eigenvalue weighted by atomic mass is 10.0. The number of aromatic nitrogens is 3. The van der Waals surface area contributed by atoms with Crippen LogP contribution in [-0.4, -0.2) is 37.7 Å². The number of nitrogens with one attached hydrogen (secondary N) is 2. The molecule has 0 aliphatic carbocycles. The molecule has 1 amide bonds. The molecule has 1 aromatic carbocycles. The Balaban J connectivity index is 1.84. The Kier molecular flexibility index (Phi) is 4.23. The van der Waals surface area contributed by atoms with Crippen molar-refractivity contribution in [1.82, 2.24) is 19.9 Å². The van der Waals surface area contributed by atoms with Crippen molar-refractivity contribution in [3.05, 3.63) is 53.9 Å². The monoisotopic (exact) mass is 376 g/mol. The summed E-state index contributed by atoms with van der Waals surface area (Å²) in [7, 11) is 2.03. The fraction of sp³-hybridized carbons (Fsp3) is 0.273. The zero-order valence-electron chi connectivity index (χ0n) is 16.5. The summed E-state index contributed by atoms with van der Waals surface area (Å²) in [6.07, 6.45) is 3.71. The van der Waals surface area contributed by atoms with Crippen LogP contribution >= 0.6 is 0 Å². The molecule has 144 valence electrons. The molecule has 0 saturated carbocycles. The largest absolute Gasteiger partial charge is 0.394 e. The summed E-state index contributed by atoms with van der Waals surface area (Å²) in [5.41, 5.74) is 4.83.